The van der Waals surface area contributed by atoms with Crippen molar-refractivity contribution in [2.75, 3.05) is 0 Å². The smallest absolute Gasteiger partial charge is 0.312 e. The summed E-state index contributed by atoms with van der Waals surface area (Å²) < 4.78 is 116. The summed E-state index contributed by atoms with van der Waals surface area (Å²) in [5.41, 5.74) is 0. The van der Waals surface area contributed by atoms with Crippen molar-refractivity contribution >= 4 is 0 Å². The molecule has 2 unspecified atom stereocenters. The van der Waals surface area contributed by atoms with Crippen LogP contribution in [-0.4, -0.2) is 30.2 Å². The average molecular weight is 330 g/mol. The average Bonchev–Trinajstić information content (AvgIpc) is 2.73. The van der Waals surface area contributed by atoms with E-state index >= 15 is 0 Å². The molecule has 21 heavy (non-hydrogen) atoms. The van der Waals surface area contributed by atoms with E-state index in [2.05, 4.69) is 11.7 Å². The summed E-state index contributed by atoms with van der Waals surface area (Å²) in [6, 6.07) is 0. The van der Waals surface area contributed by atoms with Gasteiger partial charge in [0.15, 0.2) is 0 Å². The van der Waals surface area contributed by atoms with Crippen molar-refractivity contribution in [3.63, 3.8) is 0 Å². The highest BCUT2D eigenvalue weighted by atomic mass is 19.4. The summed E-state index contributed by atoms with van der Waals surface area (Å²) in [5, 5.41) is 0. The minimum atomic E-state index is -6.92. The van der Waals surface area contributed by atoms with Crippen molar-refractivity contribution in [2.24, 2.45) is 5.92 Å². The third-order valence-corrected chi connectivity index (χ3v) is 3.12. The van der Waals surface area contributed by atoms with Gasteiger partial charge >= 0.3 is 24.1 Å². The van der Waals surface area contributed by atoms with Gasteiger partial charge < -0.3 is 4.74 Å². The van der Waals surface area contributed by atoms with Gasteiger partial charge in [-0.2, -0.15) is 39.5 Å². The summed E-state index contributed by atoms with van der Waals surface area (Å²) in [6.45, 7) is 3.44. The van der Waals surface area contributed by atoms with Gasteiger partial charge in [0.05, 0.1) is 6.10 Å². The molecule has 0 aromatic rings. The third kappa shape index (κ3) is 3.24. The minimum absolute atomic E-state index is 0.172. The van der Waals surface area contributed by atoms with Gasteiger partial charge in [-0.15, -0.1) is 0 Å². The van der Waals surface area contributed by atoms with Crippen molar-refractivity contribution < 1.29 is 44.3 Å². The van der Waals surface area contributed by atoms with Gasteiger partial charge in [0.1, 0.15) is 0 Å². The Morgan fingerprint density at radius 2 is 1.48 bits per heavy atom. The van der Waals surface area contributed by atoms with E-state index in [0.717, 1.165) is 6.42 Å². The molecule has 124 valence electrons. The Morgan fingerprint density at radius 1 is 0.952 bits per heavy atom. The Bertz CT molecular complexity index is 363. The fourth-order valence-electron chi connectivity index (χ4n) is 1.82. The maximum Gasteiger partial charge on any atom is 0.460 e. The Morgan fingerprint density at radius 3 is 1.86 bits per heavy atom. The molecule has 2 atom stereocenters. The number of rotatable bonds is 5. The normalized spacial score (nSPS) is 25.4. The molecule has 1 fully saturated rings. The molecule has 0 aromatic heterocycles. The highest BCUT2D eigenvalue weighted by molar-refractivity contribution is 4.99. The molecule has 0 heterocycles. The van der Waals surface area contributed by atoms with Crippen LogP contribution >= 0.6 is 0 Å². The van der Waals surface area contributed by atoms with E-state index in [9.17, 15) is 39.5 Å². The molecule has 0 aromatic carbocycles. The van der Waals surface area contributed by atoms with Crippen molar-refractivity contribution in [1.82, 2.24) is 0 Å². The molecule has 1 rings (SSSR count). The van der Waals surface area contributed by atoms with Gasteiger partial charge in [-0.25, -0.2) is 0 Å². The maximum atomic E-state index is 13.1. The molecule has 0 aliphatic heterocycles. The molecule has 2 radical (unpaired) electrons. The monoisotopic (exact) mass is 330 g/mol. The maximum absolute atomic E-state index is 13.1. The predicted octanol–water partition coefficient (Wildman–Crippen LogP) is 4.64. The number of hydrogen-bond donors (Lipinski definition) is 0. The summed E-state index contributed by atoms with van der Waals surface area (Å²) in [6.07, 6.45) is -13.2. The summed E-state index contributed by atoms with van der Waals surface area (Å²) in [7, 11) is 0. The third-order valence-electron chi connectivity index (χ3n) is 3.12. The molecule has 1 aliphatic carbocycles. The zero-order valence-electron chi connectivity index (χ0n) is 10.4. The molecule has 1 aliphatic rings. The summed E-state index contributed by atoms with van der Waals surface area (Å²) in [5.74, 6) is -13.9. The van der Waals surface area contributed by atoms with Gasteiger partial charge in [-0.1, -0.05) is 13.3 Å². The first-order valence-corrected chi connectivity index (χ1v) is 5.77. The number of halogens is 9. The highest BCUT2D eigenvalue weighted by Gasteiger charge is 2.83. The van der Waals surface area contributed by atoms with E-state index in [0.29, 0.717) is 0 Å². The van der Waals surface area contributed by atoms with Gasteiger partial charge in [0.2, 0.25) is 0 Å². The minimum Gasteiger partial charge on any atom is -0.312 e. The Hall–Kier alpha value is -0.670. The van der Waals surface area contributed by atoms with Crippen LogP contribution in [-0.2, 0) is 4.74 Å². The fraction of sp³-hybridized carbons (Fsp3) is 0.818. The predicted molar refractivity (Wildman–Crippen MR) is 52.8 cm³/mol. The Labute approximate surface area is 114 Å². The number of alkyl halides is 9. The van der Waals surface area contributed by atoms with Crippen LogP contribution in [0.25, 0.3) is 0 Å². The molecule has 0 N–H and O–H groups in total. The molecule has 0 amide bonds. The van der Waals surface area contributed by atoms with E-state index in [-0.39, 0.29) is 25.2 Å². The van der Waals surface area contributed by atoms with Gasteiger partial charge in [0, 0.05) is 0 Å². The van der Waals surface area contributed by atoms with E-state index in [4.69, 9.17) is 0 Å². The molecule has 0 saturated heterocycles. The largest absolute Gasteiger partial charge is 0.460 e. The first-order valence-electron chi connectivity index (χ1n) is 5.77. The van der Waals surface area contributed by atoms with Crippen molar-refractivity contribution in [3.05, 3.63) is 13.3 Å². The second-order valence-corrected chi connectivity index (χ2v) is 4.68. The zero-order chi connectivity index (χ0) is 16.7. The lowest BCUT2D eigenvalue weighted by molar-refractivity contribution is -0.448. The fourth-order valence-corrected chi connectivity index (χ4v) is 1.82. The van der Waals surface area contributed by atoms with Crippen LogP contribution in [0.4, 0.5) is 39.5 Å². The van der Waals surface area contributed by atoms with Crippen molar-refractivity contribution in [3.8, 4) is 0 Å². The molecule has 0 spiro atoms. The number of ether oxygens (including phenoxy) is 1. The Balaban J connectivity index is 2.90. The summed E-state index contributed by atoms with van der Waals surface area (Å²) >= 11 is 0. The lowest BCUT2D eigenvalue weighted by Gasteiger charge is -2.34. The van der Waals surface area contributed by atoms with Crippen LogP contribution in [0.3, 0.4) is 0 Å². The van der Waals surface area contributed by atoms with E-state index in [1.807, 2.05) is 0 Å². The van der Waals surface area contributed by atoms with Crippen LogP contribution in [0.5, 0.6) is 0 Å². The lowest BCUT2D eigenvalue weighted by Crippen LogP contribution is -2.62. The van der Waals surface area contributed by atoms with Gasteiger partial charge in [-0.05, 0) is 25.2 Å². The quantitative estimate of drug-likeness (QED) is 0.668. The van der Waals surface area contributed by atoms with E-state index < -0.39 is 30.2 Å². The van der Waals surface area contributed by atoms with Crippen LogP contribution in [0.1, 0.15) is 19.3 Å². The van der Waals surface area contributed by atoms with Crippen LogP contribution in [0, 0.1) is 19.3 Å². The topological polar surface area (TPSA) is 9.23 Å². The van der Waals surface area contributed by atoms with Crippen LogP contribution in [0.15, 0.2) is 0 Å². The lowest BCUT2D eigenvalue weighted by atomic mass is 10.1. The molecular formula is C11H11F9O. The van der Waals surface area contributed by atoms with E-state index in [1.165, 1.54) is 0 Å². The first kappa shape index (κ1) is 18.4. The molecular weight excluding hydrogens is 319 g/mol. The molecule has 0 bridgehead atoms. The summed E-state index contributed by atoms with van der Waals surface area (Å²) in [4.78, 5) is 0. The van der Waals surface area contributed by atoms with Gasteiger partial charge in [0.25, 0.3) is 0 Å². The SMILES string of the molecule is [CH2]CC1C[CH]C(OC(F)(F)C(F)(F)C(F)(F)C(F)(F)F)C1. The van der Waals surface area contributed by atoms with Crippen LogP contribution < -0.4 is 0 Å². The van der Waals surface area contributed by atoms with Crippen molar-refractivity contribution in [2.45, 2.75) is 49.5 Å². The molecule has 1 nitrogen and oxygen atoms in total. The Kier molecular flexibility index (Phi) is 4.82. The van der Waals surface area contributed by atoms with Crippen LogP contribution in [0.2, 0.25) is 0 Å². The first-order chi connectivity index (χ1) is 9.26. The second-order valence-electron chi connectivity index (χ2n) is 4.68. The van der Waals surface area contributed by atoms with Crippen molar-refractivity contribution in [1.29, 1.82) is 0 Å². The molecule has 1 saturated carbocycles. The van der Waals surface area contributed by atoms with Gasteiger partial charge in [-0.3, -0.25) is 0 Å². The number of hydrogen-bond acceptors (Lipinski definition) is 1. The zero-order valence-corrected chi connectivity index (χ0v) is 10.4. The standard InChI is InChI=1S/C11H11F9O/c1-2-6-3-4-7(5-6)21-11(19,20)9(14,15)8(12,13)10(16,17)18/h4,6-7H,1-3,5H2. The molecule has 10 heteroatoms. The highest BCUT2D eigenvalue weighted by Crippen LogP contribution is 2.54. The second kappa shape index (κ2) is 5.51. The van der Waals surface area contributed by atoms with E-state index in [1.54, 1.807) is 0 Å².